The summed E-state index contributed by atoms with van der Waals surface area (Å²) in [6, 6.07) is 12.5. The number of rotatable bonds is 7. The van der Waals surface area contributed by atoms with Gasteiger partial charge in [0.2, 0.25) is 5.91 Å². The quantitative estimate of drug-likeness (QED) is 0.810. The first-order chi connectivity index (χ1) is 10.6. The number of hydrogen-bond donors (Lipinski definition) is 1. The third kappa shape index (κ3) is 5.65. The molecule has 1 amide bonds. The SMILES string of the molecule is CCc1ccc(N(Cc2ccc(C)s2)C(=O)CCNC)cc1.Cl. The molecule has 1 aromatic heterocycles. The molecule has 0 atom stereocenters. The lowest BCUT2D eigenvalue weighted by Crippen LogP contribution is -2.32. The number of hydrogen-bond acceptors (Lipinski definition) is 3. The number of halogens is 1. The first-order valence-electron chi connectivity index (χ1n) is 7.73. The van der Waals surface area contributed by atoms with Crippen molar-refractivity contribution in [3.05, 3.63) is 51.7 Å². The average molecular weight is 353 g/mol. The van der Waals surface area contributed by atoms with E-state index in [1.54, 1.807) is 11.3 Å². The first-order valence-corrected chi connectivity index (χ1v) is 8.55. The second-order valence-electron chi connectivity index (χ2n) is 5.37. The van der Waals surface area contributed by atoms with Gasteiger partial charge in [0.15, 0.2) is 0 Å². The molecule has 2 rings (SSSR count). The van der Waals surface area contributed by atoms with Gasteiger partial charge in [0, 0.05) is 28.4 Å². The molecule has 1 heterocycles. The maximum Gasteiger partial charge on any atom is 0.228 e. The van der Waals surface area contributed by atoms with Crippen molar-refractivity contribution in [2.24, 2.45) is 0 Å². The van der Waals surface area contributed by atoms with Gasteiger partial charge < -0.3 is 10.2 Å². The lowest BCUT2D eigenvalue weighted by Gasteiger charge is -2.22. The molecule has 0 aliphatic carbocycles. The Bertz CT molecular complexity index is 610. The Kier molecular flexibility index (Phi) is 8.31. The number of nitrogens with zero attached hydrogens (tertiary/aromatic N) is 1. The molecule has 0 fully saturated rings. The highest BCUT2D eigenvalue weighted by Gasteiger charge is 2.16. The molecule has 23 heavy (non-hydrogen) atoms. The molecule has 0 bridgehead atoms. The van der Waals surface area contributed by atoms with Crippen LogP contribution in [0.2, 0.25) is 0 Å². The van der Waals surface area contributed by atoms with E-state index in [-0.39, 0.29) is 18.3 Å². The van der Waals surface area contributed by atoms with Gasteiger partial charge in [0.25, 0.3) is 0 Å². The number of amides is 1. The van der Waals surface area contributed by atoms with E-state index in [1.165, 1.54) is 15.3 Å². The van der Waals surface area contributed by atoms with Crippen LogP contribution in [0, 0.1) is 6.92 Å². The van der Waals surface area contributed by atoms with Crippen molar-refractivity contribution in [1.82, 2.24) is 5.32 Å². The van der Waals surface area contributed by atoms with E-state index in [2.05, 4.69) is 55.6 Å². The van der Waals surface area contributed by atoms with Gasteiger partial charge in [-0.05, 0) is 50.2 Å². The number of aryl methyl sites for hydroxylation is 2. The van der Waals surface area contributed by atoms with E-state index in [9.17, 15) is 4.79 Å². The molecule has 126 valence electrons. The van der Waals surface area contributed by atoms with Crippen LogP contribution < -0.4 is 10.2 Å². The summed E-state index contributed by atoms with van der Waals surface area (Å²) in [5, 5.41) is 3.05. The van der Waals surface area contributed by atoms with Gasteiger partial charge >= 0.3 is 0 Å². The summed E-state index contributed by atoms with van der Waals surface area (Å²) < 4.78 is 0. The largest absolute Gasteiger partial charge is 0.319 e. The van der Waals surface area contributed by atoms with Gasteiger partial charge in [-0.1, -0.05) is 19.1 Å². The predicted molar refractivity (Wildman–Crippen MR) is 102 cm³/mol. The molecule has 3 nitrogen and oxygen atoms in total. The van der Waals surface area contributed by atoms with Gasteiger partial charge in [-0.2, -0.15) is 0 Å². The number of benzene rings is 1. The minimum Gasteiger partial charge on any atom is -0.319 e. The molecule has 0 unspecified atom stereocenters. The zero-order chi connectivity index (χ0) is 15.9. The molecule has 0 saturated carbocycles. The highest BCUT2D eigenvalue weighted by molar-refractivity contribution is 7.11. The van der Waals surface area contributed by atoms with Crippen LogP contribution in [-0.2, 0) is 17.8 Å². The molecule has 0 spiro atoms. The lowest BCUT2D eigenvalue weighted by molar-refractivity contribution is -0.118. The Labute approximate surface area is 149 Å². The number of anilines is 1. The van der Waals surface area contributed by atoms with Gasteiger partial charge in [-0.3, -0.25) is 4.79 Å². The zero-order valence-electron chi connectivity index (χ0n) is 14.0. The Morgan fingerprint density at radius 2 is 1.87 bits per heavy atom. The van der Waals surface area contributed by atoms with Crippen LogP contribution in [-0.4, -0.2) is 19.5 Å². The van der Waals surface area contributed by atoms with Crippen molar-refractivity contribution in [3.63, 3.8) is 0 Å². The number of thiophene rings is 1. The second-order valence-corrected chi connectivity index (χ2v) is 6.74. The monoisotopic (exact) mass is 352 g/mol. The predicted octanol–water partition coefficient (Wildman–Crippen LogP) is 4.18. The van der Waals surface area contributed by atoms with Crippen LogP contribution in [0.25, 0.3) is 0 Å². The molecule has 0 saturated heterocycles. The second kappa shape index (κ2) is 9.71. The van der Waals surface area contributed by atoms with Crippen molar-refractivity contribution < 1.29 is 4.79 Å². The topological polar surface area (TPSA) is 32.3 Å². The molecule has 0 radical (unpaired) electrons. The first kappa shape index (κ1) is 19.7. The summed E-state index contributed by atoms with van der Waals surface area (Å²) >= 11 is 1.75. The number of carbonyl (C=O) groups excluding carboxylic acids is 1. The molecule has 2 aromatic rings. The summed E-state index contributed by atoms with van der Waals surface area (Å²) in [5.41, 5.74) is 2.27. The molecule has 5 heteroatoms. The normalized spacial score (nSPS) is 10.2. The van der Waals surface area contributed by atoms with Crippen molar-refractivity contribution in [3.8, 4) is 0 Å². The van der Waals surface area contributed by atoms with Gasteiger partial charge in [0.05, 0.1) is 6.54 Å². The van der Waals surface area contributed by atoms with E-state index in [4.69, 9.17) is 0 Å². The molecule has 1 N–H and O–H groups in total. The molecular weight excluding hydrogens is 328 g/mol. The fourth-order valence-electron chi connectivity index (χ4n) is 2.33. The summed E-state index contributed by atoms with van der Waals surface area (Å²) in [4.78, 5) is 16.9. The Balaban J connectivity index is 0.00000264. The van der Waals surface area contributed by atoms with Crippen molar-refractivity contribution in [2.75, 3.05) is 18.5 Å². The highest BCUT2D eigenvalue weighted by atomic mass is 35.5. The maximum atomic E-state index is 12.6. The van der Waals surface area contributed by atoms with E-state index < -0.39 is 0 Å². The van der Waals surface area contributed by atoms with Crippen molar-refractivity contribution in [2.45, 2.75) is 33.2 Å². The summed E-state index contributed by atoms with van der Waals surface area (Å²) in [6.07, 6.45) is 1.52. The minimum atomic E-state index is 0. The highest BCUT2D eigenvalue weighted by Crippen LogP contribution is 2.23. The fourth-order valence-corrected chi connectivity index (χ4v) is 3.21. The smallest absolute Gasteiger partial charge is 0.228 e. The van der Waals surface area contributed by atoms with Crippen LogP contribution in [0.1, 0.15) is 28.7 Å². The van der Waals surface area contributed by atoms with Crippen molar-refractivity contribution in [1.29, 1.82) is 0 Å². The fraction of sp³-hybridized carbons (Fsp3) is 0.389. The molecular formula is C18H25ClN2OS. The standard InChI is InChI=1S/C18H24N2OS.ClH/c1-4-15-6-8-16(9-7-15)20(18(21)11-12-19-3)13-17-10-5-14(2)22-17;/h5-10,19H,4,11-13H2,1-3H3;1H. The minimum absolute atomic E-state index is 0. The van der Waals surface area contributed by atoms with Gasteiger partial charge in [0.1, 0.15) is 0 Å². The maximum absolute atomic E-state index is 12.6. The Morgan fingerprint density at radius 3 is 2.39 bits per heavy atom. The van der Waals surface area contributed by atoms with E-state index in [0.717, 1.165) is 12.1 Å². The van der Waals surface area contributed by atoms with E-state index in [1.807, 2.05) is 11.9 Å². The van der Waals surface area contributed by atoms with Gasteiger partial charge in [-0.25, -0.2) is 0 Å². The number of carbonyl (C=O) groups is 1. The van der Waals surface area contributed by atoms with Gasteiger partial charge in [-0.15, -0.1) is 23.7 Å². The average Bonchev–Trinajstić information content (AvgIpc) is 2.95. The lowest BCUT2D eigenvalue weighted by atomic mass is 10.1. The third-order valence-corrected chi connectivity index (χ3v) is 4.64. The van der Waals surface area contributed by atoms with Crippen LogP contribution in [0.5, 0.6) is 0 Å². The summed E-state index contributed by atoms with van der Waals surface area (Å²) in [5.74, 6) is 0.157. The Hall–Kier alpha value is -1.36. The van der Waals surface area contributed by atoms with E-state index >= 15 is 0 Å². The van der Waals surface area contributed by atoms with Crippen LogP contribution in [0.4, 0.5) is 5.69 Å². The molecule has 0 aliphatic heterocycles. The molecule has 0 aliphatic rings. The van der Waals surface area contributed by atoms with Crippen LogP contribution in [0.3, 0.4) is 0 Å². The van der Waals surface area contributed by atoms with Crippen LogP contribution >= 0.6 is 23.7 Å². The number of nitrogens with one attached hydrogen (secondary N) is 1. The summed E-state index contributed by atoms with van der Waals surface area (Å²) in [6.45, 7) is 5.58. The zero-order valence-corrected chi connectivity index (χ0v) is 15.6. The van der Waals surface area contributed by atoms with E-state index in [0.29, 0.717) is 19.5 Å². The molecule has 1 aromatic carbocycles. The third-order valence-electron chi connectivity index (χ3n) is 3.66. The van der Waals surface area contributed by atoms with Crippen LogP contribution in [0.15, 0.2) is 36.4 Å². The van der Waals surface area contributed by atoms with Crippen molar-refractivity contribution >= 4 is 35.3 Å². The Morgan fingerprint density at radius 1 is 1.17 bits per heavy atom. The summed E-state index contributed by atoms with van der Waals surface area (Å²) in [7, 11) is 1.87.